The molecular formula is C20H26N6O2. The van der Waals surface area contributed by atoms with Crippen molar-refractivity contribution in [2.75, 3.05) is 13.1 Å². The zero-order valence-electron chi connectivity index (χ0n) is 16.6. The highest BCUT2D eigenvalue weighted by atomic mass is 16.5. The normalized spacial score (nSPS) is 17.4. The fraction of sp³-hybridized carbons (Fsp3) is 0.500. The van der Waals surface area contributed by atoms with E-state index in [2.05, 4.69) is 20.4 Å². The molecule has 148 valence electrons. The zero-order chi connectivity index (χ0) is 19.7. The molecule has 1 aliphatic rings. The van der Waals surface area contributed by atoms with Crippen LogP contribution in [0.25, 0.3) is 5.65 Å². The molecule has 0 aromatic carbocycles. The number of nitrogens with one attached hydrogen (secondary N) is 1. The van der Waals surface area contributed by atoms with Crippen molar-refractivity contribution in [1.82, 2.24) is 29.7 Å². The number of fused-ring (bicyclic) bond motifs is 1. The van der Waals surface area contributed by atoms with Crippen LogP contribution < -0.4 is 5.32 Å². The molecule has 1 N–H and O–H groups in total. The minimum Gasteiger partial charge on any atom is -0.339 e. The highest BCUT2D eigenvalue weighted by molar-refractivity contribution is 5.74. The molecule has 0 spiro atoms. The number of imidazole rings is 1. The molecule has 4 rings (SSSR count). The van der Waals surface area contributed by atoms with Crippen molar-refractivity contribution in [3.63, 3.8) is 0 Å². The number of hydrogen-bond acceptors (Lipinski definition) is 5. The Morgan fingerprint density at radius 1 is 1.39 bits per heavy atom. The first-order valence-corrected chi connectivity index (χ1v) is 9.80. The molecule has 3 aromatic heterocycles. The van der Waals surface area contributed by atoms with E-state index in [4.69, 9.17) is 4.52 Å². The highest BCUT2D eigenvalue weighted by Gasteiger charge is 2.28. The lowest BCUT2D eigenvalue weighted by Crippen LogP contribution is -2.44. The van der Waals surface area contributed by atoms with Gasteiger partial charge in [0.15, 0.2) is 5.82 Å². The third-order valence-corrected chi connectivity index (χ3v) is 5.18. The van der Waals surface area contributed by atoms with Crippen LogP contribution in [0, 0.1) is 6.92 Å². The number of pyridine rings is 1. The Labute approximate surface area is 163 Å². The lowest BCUT2D eigenvalue weighted by Gasteiger charge is -2.30. The van der Waals surface area contributed by atoms with Gasteiger partial charge in [0.1, 0.15) is 5.65 Å². The predicted molar refractivity (Wildman–Crippen MR) is 104 cm³/mol. The van der Waals surface area contributed by atoms with E-state index >= 15 is 0 Å². The number of piperidine rings is 1. The zero-order valence-corrected chi connectivity index (χ0v) is 16.6. The average molecular weight is 382 g/mol. The number of carbonyl (C=O) groups excluding carboxylic acids is 1. The van der Waals surface area contributed by atoms with Crippen molar-refractivity contribution in [1.29, 1.82) is 0 Å². The minimum atomic E-state index is -0.0814. The van der Waals surface area contributed by atoms with Gasteiger partial charge in [0.25, 0.3) is 0 Å². The number of amides is 2. The standard InChI is InChI=1S/C20H26N6O2/c1-13(2)17-23-19(28-24-17)15-7-5-9-26(11-15)20(27)21-10-16-12-25-8-4-6-14(3)18(25)22-16/h4,6,8,12-13,15H,5,7,9-11H2,1-3H3,(H,21,27). The second-order valence-electron chi connectivity index (χ2n) is 7.74. The predicted octanol–water partition coefficient (Wildman–Crippen LogP) is 3.24. The number of aryl methyl sites for hydroxylation is 1. The van der Waals surface area contributed by atoms with Gasteiger partial charge in [-0.25, -0.2) is 9.78 Å². The Bertz CT molecular complexity index is 976. The monoisotopic (exact) mass is 382 g/mol. The van der Waals surface area contributed by atoms with Crippen molar-refractivity contribution in [3.8, 4) is 0 Å². The van der Waals surface area contributed by atoms with Crippen molar-refractivity contribution in [2.24, 2.45) is 0 Å². The Morgan fingerprint density at radius 3 is 3.00 bits per heavy atom. The van der Waals surface area contributed by atoms with Gasteiger partial charge in [-0.3, -0.25) is 0 Å². The molecule has 28 heavy (non-hydrogen) atoms. The maximum Gasteiger partial charge on any atom is 0.317 e. The first-order valence-electron chi connectivity index (χ1n) is 9.80. The topological polar surface area (TPSA) is 88.6 Å². The van der Waals surface area contributed by atoms with Crippen LogP contribution in [0.4, 0.5) is 4.79 Å². The number of likely N-dealkylation sites (tertiary alicyclic amines) is 1. The van der Waals surface area contributed by atoms with Gasteiger partial charge < -0.3 is 19.1 Å². The summed E-state index contributed by atoms with van der Waals surface area (Å²) in [4.78, 5) is 23.6. The Balaban J connectivity index is 1.37. The molecule has 8 heteroatoms. The van der Waals surface area contributed by atoms with Gasteiger partial charge in [0.05, 0.1) is 18.2 Å². The van der Waals surface area contributed by atoms with Crippen molar-refractivity contribution in [3.05, 3.63) is 47.5 Å². The lowest BCUT2D eigenvalue weighted by atomic mass is 9.98. The van der Waals surface area contributed by atoms with Gasteiger partial charge in [-0.05, 0) is 31.4 Å². The summed E-state index contributed by atoms with van der Waals surface area (Å²) in [6.07, 6.45) is 5.79. The van der Waals surface area contributed by atoms with Gasteiger partial charge in [-0.1, -0.05) is 25.1 Å². The van der Waals surface area contributed by atoms with E-state index in [0.717, 1.165) is 42.1 Å². The van der Waals surface area contributed by atoms with Gasteiger partial charge in [-0.2, -0.15) is 4.98 Å². The first kappa shape index (κ1) is 18.5. The molecule has 4 heterocycles. The SMILES string of the molecule is Cc1cccn2cc(CNC(=O)N3CCCC(c4nc(C(C)C)no4)C3)nc12. The summed E-state index contributed by atoms with van der Waals surface area (Å²) in [5, 5.41) is 7.04. The van der Waals surface area contributed by atoms with Crippen molar-refractivity contribution in [2.45, 2.75) is 52.0 Å². The molecule has 2 amide bonds. The largest absolute Gasteiger partial charge is 0.339 e. The fourth-order valence-corrected chi connectivity index (χ4v) is 3.58. The van der Waals surface area contributed by atoms with Crippen LogP contribution in [-0.4, -0.2) is 43.5 Å². The molecule has 8 nitrogen and oxygen atoms in total. The van der Waals surface area contributed by atoms with E-state index < -0.39 is 0 Å². The van der Waals surface area contributed by atoms with E-state index in [9.17, 15) is 4.79 Å². The number of urea groups is 1. The second kappa shape index (κ2) is 7.61. The lowest BCUT2D eigenvalue weighted by molar-refractivity contribution is 0.171. The fourth-order valence-electron chi connectivity index (χ4n) is 3.58. The molecule has 1 unspecified atom stereocenters. The summed E-state index contributed by atoms with van der Waals surface area (Å²) in [5.41, 5.74) is 2.87. The molecule has 1 atom stereocenters. The molecule has 1 aliphatic heterocycles. The quantitative estimate of drug-likeness (QED) is 0.748. The number of hydrogen-bond donors (Lipinski definition) is 1. The second-order valence-corrected chi connectivity index (χ2v) is 7.74. The van der Waals surface area contributed by atoms with Gasteiger partial charge in [-0.15, -0.1) is 0 Å². The van der Waals surface area contributed by atoms with E-state index in [1.165, 1.54) is 0 Å². The highest BCUT2D eigenvalue weighted by Crippen LogP contribution is 2.26. The summed E-state index contributed by atoms with van der Waals surface area (Å²) >= 11 is 0. The van der Waals surface area contributed by atoms with Gasteiger partial charge >= 0.3 is 6.03 Å². The van der Waals surface area contributed by atoms with Crippen LogP contribution in [0.2, 0.25) is 0 Å². The van der Waals surface area contributed by atoms with E-state index in [1.807, 2.05) is 54.6 Å². The molecule has 3 aromatic rings. The van der Waals surface area contributed by atoms with E-state index in [0.29, 0.717) is 19.0 Å². The molecular weight excluding hydrogens is 356 g/mol. The summed E-state index contributed by atoms with van der Waals surface area (Å²) < 4.78 is 7.42. The van der Waals surface area contributed by atoms with E-state index in [1.54, 1.807) is 0 Å². The van der Waals surface area contributed by atoms with Crippen LogP contribution in [0.5, 0.6) is 0 Å². The molecule has 0 saturated carbocycles. The number of aromatic nitrogens is 4. The van der Waals surface area contributed by atoms with Crippen LogP contribution in [0.3, 0.4) is 0 Å². The van der Waals surface area contributed by atoms with Crippen molar-refractivity contribution >= 4 is 11.7 Å². The molecule has 0 bridgehead atoms. The Morgan fingerprint density at radius 2 is 2.25 bits per heavy atom. The maximum atomic E-state index is 12.7. The average Bonchev–Trinajstić information content (AvgIpc) is 3.34. The van der Waals surface area contributed by atoms with E-state index in [-0.39, 0.29) is 17.9 Å². The molecule has 1 fully saturated rings. The third kappa shape index (κ3) is 3.72. The summed E-state index contributed by atoms with van der Waals surface area (Å²) in [7, 11) is 0. The number of carbonyl (C=O) groups is 1. The summed E-state index contributed by atoms with van der Waals surface area (Å²) in [6.45, 7) is 7.83. The van der Waals surface area contributed by atoms with Crippen molar-refractivity contribution < 1.29 is 9.32 Å². The Kier molecular flexibility index (Phi) is 5.02. The number of nitrogens with zero attached hydrogens (tertiary/aromatic N) is 5. The smallest absolute Gasteiger partial charge is 0.317 e. The van der Waals surface area contributed by atoms with Crippen LogP contribution in [-0.2, 0) is 6.54 Å². The maximum absolute atomic E-state index is 12.7. The first-order chi connectivity index (χ1) is 13.5. The van der Waals surface area contributed by atoms with Gasteiger partial charge in [0, 0.05) is 31.4 Å². The van der Waals surface area contributed by atoms with Crippen LogP contribution >= 0.6 is 0 Å². The number of rotatable bonds is 4. The van der Waals surface area contributed by atoms with Crippen LogP contribution in [0.1, 0.15) is 61.5 Å². The summed E-state index contributed by atoms with van der Waals surface area (Å²) in [6, 6.07) is 3.94. The Hall–Kier alpha value is -2.90. The molecule has 1 saturated heterocycles. The molecule has 0 aliphatic carbocycles. The molecule has 0 radical (unpaired) electrons. The van der Waals surface area contributed by atoms with Gasteiger partial charge in [0.2, 0.25) is 5.89 Å². The summed E-state index contributed by atoms with van der Waals surface area (Å²) in [5.74, 6) is 1.68. The third-order valence-electron chi connectivity index (χ3n) is 5.18. The van der Waals surface area contributed by atoms with Crippen LogP contribution in [0.15, 0.2) is 29.0 Å². The minimum absolute atomic E-state index is 0.0814.